The second-order valence-electron chi connectivity index (χ2n) is 3.92. The van der Waals surface area contributed by atoms with Gasteiger partial charge in [-0.2, -0.15) is 0 Å². The molecule has 0 N–H and O–H groups in total. The van der Waals surface area contributed by atoms with E-state index in [4.69, 9.17) is 4.74 Å². The van der Waals surface area contributed by atoms with Crippen LogP contribution >= 0.6 is 0 Å². The van der Waals surface area contributed by atoms with Gasteiger partial charge in [-0.1, -0.05) is 18.2 Å². The highest BCUT2D eigenvalue weighted by Gasteiger charge is 2.12. The zero-order valence-electron chi connectivity index (χ0n) is 11.0. The Morgan fingerprint density at radius 3 is 2.55 bits per heavy atom. The highest BCUT2D eigenvalue weighted by molar-refractivity contribution is 5.78. The van der Waals surface area contributed by atoms with Crippen LogP contribution in [0.3, 0.4) is 0 Å². The van der Waals surface area contributed by atoms with Gasteiger partial charge in [-0.25, -0.2) is 0 Å². The Labute approximate surface area is 117 Å². The first-order valence-electron chi connectivity index (χ1n) is 5.95. The lowest BCUT2D eigenvalue weighted by Crippen LogP contribution is -2.35. The topological polar surface area (TPSA) is 72.7 Å². The molecule has 0 spiro atoms. The number of ether oxygens (including phenoxy) is 1. The summed E-state index contributed by atoms with van der Waals surface area (Å²) in [5, 5.41) is 10.6. The summed E-state index contributed by atoms with van der Waals surface area (Å²) in [5.41, 5.74) is -0.0796. The van der Waals surface area contributed by atoms with Crippen LogP contribution in [0.2, 0.25) is 0 Å². The smallest absolute Gasteiger partial charge is 0.273 e. The van der Waals surface area contributed by atoms with Crippen LogP contribution in [0.4, 0.5) is 5.69 Å². The van der Waals surface area contributed by atoms with Gasteiger partial charge in [0.1, 0.15) is 5.75 Å². The Balaban J connectivity index is 2.63. The highest BCUT2D eigenvalue weighted by atomic mass is 16.6. The lowest BCUT2D eigenvalue weighted by molar-refractivity contribution is -0.384. The molecule has 0 fully saturated rings. The Bertz CT molecular complexity index is 504. The Hall–Kier alpha value is -2.63. The SMILES string of the molecule is C=CCN(CC=C)C(=O)COc1cccc([N+](=O)[O-])c1. The second-order valence-corrected chi connectivity index (χ2v) is 3.92. The number of benzene rings is 1. The molecule has 0 bridgehead atoms. The summed E-state index contributed by atoms with van der Waals surface area (Å²) >= 11 is 0. The van der Waals surface area contributed by atoms with Crippen LogP contribution < -0.4 is 4.74 Å². The molecule has 6 nitrogen and oxygen atoms in total. The van der Waals surface area contributed by atoms with Gasteiger partial charge in [-0.15, -0.1) is 13.2 Å². The maximum atomic E-state index is 11.9. The average Bonchev–Trinajstić information content (AvgIpc) is 2.45. The standard InChI is InChI=1S/C14H16N2O4/c1-3-8-15(9-4-2)14(17)11-20-13-7-5-6-12(10-13)16(18)19/h3-7,10H,1-2,8-9,11H2. The van der Waals surface area contributed by atoms with Gasteiger partial charge in [0.25, 0.3) is 11.6 Å². The lowest BCUT2D eigenvalue weighted by atomic mass is 10.3. The zero-order chi connectivity index (χ0) is 15.0. The lowest BCUT2D eigenvalue weighted by Gasteiger charge is -2.19. The number of carbonyl (C=O) groups is 1. The number of amides is 1. The van der Waals surface area contributed by atoms with E-state index in [0.29, 0.717) is 13.1 Å². The summed E-state index contributed by atoms with van der Waals surface area (Å²) in [5.74, 6) is 0.0426. The molecule has 0 radical (unpaired) electrons. The van der Waals surface area contributed by atoms with E-state index in [0.717, 1.165) is 0 Å². The number of hydrogen-bond donors (Lipinski definition) is 0. The molecule has 0 aromatic heterocycles. The fraction of sp³-hybridized carbons (Fsp3) is 0.214. The van der Waals surface area contributed by atoms with Gasteiger partial charge in [0.05, 0.1) is 11.0 Å². The fourth-order valence-electron chi connectivity index (χ4n) is 1.51. The van der Waals surface area contributed by atoms with Crippen LogP contribution in [0.1, 0.15) is 0 Å². The van der Waals surface area contributed by atoms with Gasteiger partial charge in [-0.3, -0.25) is 14.9 Å². The van der Waals surface area contributed by atoms with Crippen LogP contribution in [-0.2, 0) is 4.79 Å². The maximum Gasteiger partial charge on any atom is 0.273 e. The summed E-state index contributed by atoms with van der Waals surface area (Å²) in [6, 6.07) is 5.70. The molecule has 0 atom stereocenters. The van der Waals surface area contributed by atoms with Crippen molar-refractivity contribution in [3.05, 3.63) is 59.7 Å². The predicted octanol–water partition coefficient (Wildman–Crippen LogP) is 2.17. The van der Waals surface area contributed by atoms with E-state index in [1.807, 2.05) is 0 Å². The Morgan fingerprint density at radius 1 is 1.35 bits per heavy atom. The molecule has 106 valence electrons. The molecule has 0 aliphatic rings. The van der Waals surface area contributed by atoms with E-state index in [-0.39, 0.29) is 24.0 Å². The summed E-state index contributed by atoms with van der Waals surface area (Å²) in [4.78, 5) is 23.5. The Kier molecular flexibility index (Phi) is 5.96. The van der Waals surface area contributed by atoms with Crippen molar-refractivity contribution in [1.82, 2.24) is 4.90 Å². The first-order chi connectivity index (χ1) is 9.58. The normalized spacial score (nSPS) is 9.60. The quantitative estimate of drug-likeness (QED) is 0.414. The minimum absolute atomic E-state index is 0.0796. The largest absolute Gasteiger partial charge is 0.484 e. The molecule has 1 aromatic carbocycles. The van der Waals surface area contributed by atoms with Crippen molar-refractivity contribution < 1.29 is 14.5 Å². The summed E-state index contributed by atoms with van der Waals surface area (Å²) in [6.45, 7) is 7.73. The third-order valence-electron chi connectivity index (χ3n) is 2.44. The van der Waals surface area contributed by atoms with Gasteiger partial charge >= 0.3 is 0 Å². The van der Waals surface area contributed by atoms with Crippen LogP contribution in [0.15, 0.2) is 49.6 Å². The highest BCUT2D eigenvalue weighted by Crippen LogP contribution is 2.18. The minimum atomic E-state index is -0.517. The van der Waals surface area contributed by atoms with Crippen LogP contribution in [-0.4, -0.2) is 35.4 Å². The molecular formula is C14H16N2O4. The van der Waals surface area contributed by atoms with E-state index in [1.54, 1.807) is 18.2 Å². The van der Waals surface area contributed by atoms with Crippen molar-refractivity contribution in [1.29, 1.82) is 0 Å². The third-order valence-corrected chi connectivity index (χ3v) is 2.44. The first kappa shape index (κ1) is 15.4. The molecule has 20 heavy (non-hydrogen) atoms. The number of nitro benzene ring substituents is 1. The monoisotopic (exact) mass is 276 g/mol. The minimum Gasteiger partial charge on any atom is -0.484 e. The molecule has 1 rings (SSSR count). The van der Waals surface area contributed by atoms with Crippen molar-refractivity contribution in [2.24, 2.45) is 0 Å². The Morgan fingerprint density at radius 2 is 2.00 bits per heavy atom. The number of rotatable bonds is 8. The number of non-ortho nitro benzene ring substituents is 1. The molecular weight excluding hydrogens is 260 g/mol. The van der Waals surface area contributed by atoms with Crippen LogP contribution in [0.25, 0.3) is 0 Å². The molecule has 1 aromatic rings. The average molecular weight is 276 g/mol. The fourth-order valence-corrected chi connectivity index (χ4v) is 1.51. The van der Waals surface area contributed by atoms with E-state index in [1.165, 1.54) is 23.1 Å². The number of nitro groups is 1. The van der Waals surface area contributed by atoms with Crippen molar-refractivity contribution in [2.45, 2.75) is 0 Å². The van der Waals surface area contributed by atoms with Gasteiger partial charge < -0.3 is 9.64 Å². The number of hydrogen-bond acceptors (Lipinski definition) is 4. The molecule has 0 aliphatic carbocycles. The molecule has 1 amide bonds. The van der Waals surface area contributed by atoms with E-state index >= 15 is 0 Å². The van der Waals surface area contributed by atoms with Crippen molar-refractivity contribution in [3.8, 4) is 5.75 Å². The first-order valence-corrected chi connectivity index (χ1v) is 5.95. The molecule has 0 unspecified atom stereocenters. The number of carbonyl (C=O) groups excluding carboxylic acids is 1. The third kappa shape index (κ3) is 4.56. The summed E-state index contributed by atoms with van der Waals surface area (Å²) in [6.07, 6.45) is 3.21. The maximum absolute atomic E-state index is 11.9. The van der Waals surface area contributed by atoms with E-state index < -0.39 is 4.92 Å². The van der Waals surface area contributed by atoms with Crippen molar-refractivity contribution in [3.63, 3.8) is 0 Å². The molecule has 0 heterocycles. The summed E-state index contributed by atoms with van der Waals surface area (Å²) < 4.78 is 5.27. The molecule has 0 aliphatic heterocycles. The van der Waals surface area contributed by atoms with E-state index in [9.17, 15) is 14.9 Å². The number of nitrogens with zero attached hydrogens (tertiary/aromatic N) is 2. The summed E-state index contributed by atoms with van der Waals surface area (Å²) in [7, 11) is 0. The molecule has 6 heteroatoms. The second kappa shape index (κ2) is 7.73. The van der Waals surface area contributed by atoms with Gasteiger partial charge in [0.15, 0.2) is 6.61 Å². The van der Waals surface area contributed by atoms with Gasteiger partial charge in [-0.05, 0) is 6.07 Å². The van der Waals surface area contributed by atoms with Crippen LogP contribution in [0.5, 0.6) is 5.75 Å². The van der Waals surface area contributed by atoms with E-state index in [2.05, 4.69) is 13.2 Å². The van der Waals surface area contributed by atoms with Crippen LogP contribution in [0, 0.1) is 10.1 Å². The zero-order valence-corrected chi connectivity index (χ0v) is 11.0. The molecule has 0 saturated carbocycles. The van der Waals surface area contributed by atoms with Crippen molar-refractivity contribution >= 4 is 11.6 Å². The van der Waals surface area contributed by atoms with Gasteiger partial charge in [0.2, 0.25) is 0 Å². The van der Waals surface area contributed by atoms with Gasteiger partial charge in [0, 0.05) is 19.2 Å². The molecule has 0 saturated heterocycles. The van der Waals surface area contributed by atoms with Crippen molar-refractivity contribution in [2.75, 3.05) is 19.7 Å². The predicted molar refractivity (Wildman–Crippen MR) is 75.6 cm³/mol.